The fourth-order valence-corrected chi connectivity index (χ4v) is 3.33. The second-order valence-electron chi connectivity index (χ2n) is 7.06. The Kier molecular flexibility index (Phi) is 4.98. The second-order valence-corrected chi connectivity index (χ2v) is 7.06. The van der Waals surface area contributed by atoms with Crippen molar-refractivity contribution in [3.8, 4) is 5.75 Å². The number of amides is 2. The van der Waals surface area contributed by atoms with Crippen LogP contribution < -0.4 is 15.4 Å². The molecule has 1 heterocycles. The lowest BCUT2D eigenvalue weighted by Crippen LogP contribution is -2.55. The number of nitrogens with one attached hydrogen (secondary N) is 2. The van der Waals surface area contributed by atoms with Gasteiger partial charge in [0.2, 0.25) is 0 Å². The summed E-state index contributed by atoms with van der Waals surface area (Å²) >= 11 is 0. The topological polar surface area (TPSA) is 67.4 Å². The van der Waals surface area contributed by atoms with Crippen molar-refractivity contribution >= 4 is 24.0 Å². The number of hydrogen-bond donors (Lipinski definition) is 2. The maximum atomic E-state index is 12.8. The molecule has 1 atom stereocenters. The molecule has 2 amide bonds. The first-order valence-electron chi connectivity index (χ1n) is 9.38. The van der Waals surface area contributed by atoms with E-state index >= 15 is 0 Å². The van der Waals surface area contributed by atoms with Gasteiger partial charge in [0.1, 0.15) is 17.5 Å². The minimum absolute atomic E-state index is 0.201. The average molecular weight is 374 g/mol. The van der Waals surface area contributed by atoms with E-state index in [1.165, 1.54) is 0 Å². The van der Waals surface area contributed by atoms with Gasteiger partial charge in [-0.15, -0.1) is 0 Å². The number of methoxy groups -OCH3 is 1. The van der Waals surface area contributed by atoms with E-state index in [0.717, 1.165) is 35.3 Å². The molecule has 1 saturated heterocycles. The van der Waals surface area contributed by atoms with Crippen LogP contribution in [-0.2, 0) is 9.59 Å². The minimum Gasteiger partial charge on any atom is -0.497 e. The predicted octanol–water partition coefficient (Wildman–Crippen LogP) is 3.14. The highest BCUT2D eigenvalue weighted by Gasteiger charge is 2.38. The quantitative estimate of drug-likeness (QED) is 0.790. The van der Waals surface area contributed by atoms with Gasteiger partial charge in [-0.05, 0) is 53.7 Å². The van der Waals surface area contributed by atoms with Gasteiger partial charge < -0.3 is 15.4 Å². The van der Waals surface area contributed by atoms with E-state index in [4.69, 9.17) is 4.74 Å². The second kappa shape index (κ2) is 7.72. The van der Waals surface area contributed by atoms with E-state index < -0.39 is 6.04 Å². The first-order valence-corrected chi connectivity index (χ1v) is 9.38. The average Bonchev–Trinajstić information content (AvgIpc) is 3.55. The molecule has 2 aromatic carbocycles. The van der Waals surface area contributed by atoms with Gasteiger partial charge in [-0.25, -0.2) is 0 Å². The van der Waals surface area contributed by atoms with Crippen LogP contribution in [0.3, 0.4) is 0 Å². The Morgan fingerprint density at radius 1 is 1.00 bits per heavy atom. The summed E-state index contributed by atoms with van der Waals surface area (Å²) < 4.78 is 5.14. The van der Waals surface area contributed by atoms with Crippen molar-refractivity contribution in [3.63, 3.8) is 0 Å². The molecule has 2 aliphatic rings. The molecule has 0 aromatic heterocycles. The number of carbonyl (C=O) groups excluding carboxylic acids is 2. The first kappa shape index (κ1) is 18.0. The fraction of sp³-hybridized carbons (Fsp3) is 0.217. The van der Waals surface area contributed by atoms with Crippen molar-refractivity contribution in [3.05, 3.63) is 77.0 Å². The van der Waals surface area contributed by atoms with Crippen LogP contribution in [-0.4, -0.2) is 25.0 Å². The zero-order valence-electron chi connectivity index (χ0n) is 15.6. The van der Waals surface area contributed by atoms with Gasteiger partial charge in [0.05, 0.1) is 7.11 Å². The highest BCUT2D eigenvalue weighted by molar-refractivity contribution is 6.08. The molecule has 0 radical (unpaired) electrons. The molecule has 2 N–H and O–H groups in total. The van der Waals surface area contributed by atoms with Crippen LogP contribution in [0, 0.1) is 5.92 Å². The summed E-state index contributed by atoms with van der Waals surface area (Å²) in [6.07, 6.45) is 5.79. The SMILES string of the molecule is COc1ccc(C=C2NC(=O)C(C(=Cc3ccccc3)C3CC3)NC2=O)cc1. The Hall–Kier alpha value is -3.34. The number of piperazine rings is 1. The molecule has 1 saturated carbocycles. The van der Waals surface area contributed by atoms with Crippen LogP contribution in [0.5, 0.6) is 5.75 Å². The van der Waals surface area contributed by atoms with Crippen LogP contribution in [0.25, 0.3) is 12.2 Å². The Morgan fingerprint density at radius 2 is 1.71 bits per heavy atom. The number of rotatable bonds is 5. The van der Waals surface area contributed by atoms with Crippen LogP contribution in [0.4, 0.5) is 0 Å². The smallest absolute Gasteiger partial charge is 0.268 e. The maximum Gasteiger partial charge on any atom is 0.268 e. The molecular formula is C23H22N2O3. The largest absolute Gasteiger partial charge is 0.497 e. The highest BCUT2D eigenvalue weighted by Crippen LogP contribution is 2.39. The number of hydrogen-bond acceptors (Lipinski definition) is 3. The van der Waals surface area contributed by atoms with Gasteiger partial charge in [-0.3, -0.25) is 9.59 Å². The zero-order chi connectivity index (χ0) is 19.5. The van der Waals surface area contributed by atoms with Crippen LogP contribution >= 0.6 is 0 Å². The van der Waals surface area contributed by atoms with Crippen molar-refractivity contribution in [1.82, 2.24) is 10.6 Å². The molecule has 5 nitrogen and oxygen atoms in total. The van der Waals surface area contributed by atoms with Crippen molar-refractivity contribution < 1.29 is 14.3 Å². The normalized spacial score (nSPS) is 21.2. The zero-order valence-corrected chi connectivity index (χ0v) is 15.6. The van der Waals surface area contributed by atoms with Gasteiger partial charge in [0.15, 0.2) is 0 Å². The highest BCUT2D eigenvalue weighted by atomic mass is 16.5. The summed E-state index contributed by atoms with van der Waals surface area (Å²) in [4.78, 5) is 25.4. The van der Waals surface area contributed by atoms with E-state index in [9.17, 15) is 9.59 Å². The Bertz CT molecular complexity index is 942. The third kappa shape index (κ3) is 3.98. The van der Waals surface area contributed by atoms with E-state index in [1.54, 1.807) is 13.2 Å². The summed E-state index contributed by atoms with van der Waals surface area (Å²) in [7, 11) is 1.60. The minimum atomic E-state index is -0.631. The summed E-state index contributed by atoms with van der Waals surface area (Å²) in [6.45, 7) is 0. The molecule has 2 fully saturated rings. The Balaban J connectivity index is 1.56. The lowest BCUT2D eigenvalue weighted by atomic mass is 9.96. The third-order valence-electron chi connectivity index (χ3n) is 4.98. The summed E-state index contributed by atoms with van der Waals surface area (Å²) in [5.74, 6) is 0.608. The molecule has 1 aliphatic carbocycles. The molecule has 1 unspecified atom stereocenters. The van der Waals surface area contributed by atoms with E-state index in [0.29, 0.717) is 5.92 Å². The molecule has 0 bridgehead atoms. The van der Waals surface area contributed by atoms with Crippen molar-refractivity contribution in [1.29, 1.82) is 0 Å². The summed E-state index contributed by atoms with van der Waals surface area (Å²) in [5, 5.41) is 5.67. The van der Waals surface area contributed by atoms with Gasteiger partial charge in [0.25, 0.3) is 11.8 Å². The molecule has 4 rings (SSSR count). The van der Waals surface area contributed by atoms with E-state index in [-0.39, 0.29) is 17.5 Å². The van der Waals surface area contributed by atoms with Crippen molar-refractivity contribution in [2.45, 2.75) is 18.9 Å². The van der Waals surface area contributed by atoms with E-state index in [2.05, 4.69) is 10.6 Å². The molecule has 5 heteroatoms. The van der Waals surface area contributed by atoms with Gasteiger partial charge in [-0.2, -0.15) is 0 Å². The molecule has 1 aliphatic heterocycles. The van der Waals surface area contributed by atoms with Gasteiger partial charge in [0, 0.05) is 0 Å². The Morgan fingerprint density at radius 3 is 2.36 bits per heavy atom. The van der Waals surface area contributed by atoms with E-state index in [1.807, 2.05) is 60.7 Å². The van der Waals surface area contributed by atoms with Crippen molar-refractivity contribution in [2.75, 3.05) is 7.11 Å². The molecule has 2 aromatic rings. The molecular weight excluding hydrogens is 352 g/mol. The summed E-state index contributed by atoms with van der Waals surface area (Å²) in [6, 6.07) is 16.5. The number of benzene rings is 2. The molecule has 0 spiro atoms. The predicted molar refractivity (Wildman–Crippen MR) is 108 cm³/mol. The van der Waals surface area contributed by atoms with Crippen LogP contribution in [0.2, 0.25) is 0 Å². The van der Waals surface area contributed by atoms with Crippen molar-refractivity contribution in [2.24, 2.45) is 5.92 Å². The molecule has 142 valence electrons. The lowest BCUT2D eigenvalue weighted by Gasteiger charge is -2.27. The fourth-order valence-electron chi connectivity index (χ4n) is 3.33. The molecule has 28 heavy (non-hydrogen) atoms. The third-order valence-corrected chi connectivity index (χ3v) is 4.98. The van der Waals surface area contributed by atoms with Crippen LogP contribution in [0.15, 0.2) is 65.9 Å². The van der Waals surface area contributed by atoms with Crippen LogP contribution in [0.1, 0.15) is 24.0 Å². The maximum absolute atomic E-state index is 12.8. The number of carbonyl (C=O) groups is 2. The Labute approximate surface area is 164 Å². The summed E-state index contributed by atoms with van der Waals surface area (Å²) in [5.41, 5.74) is 3.07. The van der Waals surface area contributed by atoms with Gasteiger partial charge >= 0.3 is 0 Å². The standard InChI is InChI=1S/C23H22N2O3/c1-28-18-11-7-16(8-12-18)14-20-22(26)25-21(23(27)24-20)19(17-9-10-17)13-15-5-3-2-4-6-15/h2-8,11-14,17,21H,9-10H2,1H3,(H,24,27)(H,25,26). The van der Waals surface area contributed by atoms with Gasteiger partial charge in [-0.1, -0.05) is 48.5 Å². The monoisotopic (exact) mass is 374 g/mol. The number of ether oxygens (including phenoxy) is 1. The first-order chi connectivity index (χ1) is 13.6. The lowest BCUT2D eigenvalue weighted by molar-refractivity contribution is -0.130.